The number of hydrogen-bond donors (Lipinski definition) is 2. The quantitative estimate of drug-likeness (QED) is 0.658. The van der Waals surface area contributed by atoms with Crippen LogP contribution in [0.15, 0.2) is 41.5 Å². The maximum absolute atomic E-state index is 13.9. The summed E-state index contributed by atoms with van der Waals surface area (Å²) >= 11 is 0. The number of aromatic nitrogens is 1. The predicted octanol–water partition coefficient (Wildman–Crippen LogP) is 2.98. The number of rotatable bonds is 4. The fourth-order valence-electron chi connectivity index (χ4n) is 5.88. The Labute approximate surface area is 205 Å². The van der Waals surface area contributed by atoms with Crippen LogP contribution < -0.4 is 4.74 Å². The molecule has 4 heterocycles. The van der Waals surface area contributed by atoms with Gasteiger partial charge in [0.05, 0.1) is 24.4 Å². The lowest BCUT2D eigenvalue weighted by atomic mass is 9.81. The largest absolute Gasteiger partial charge is 0.497 e. The van der Waals surface area contributed by atoms with E-state index in [0.29, 0.717) is 48.3 Å². The van der Waals surface area contributed by atoms with E-state index >= 15 is 0 Å². The Kier molecular flexibility index (Phi) is 5.56. The lowest BCUT2D eigenvalue weighted by molar-refractivity contribution is -0.190. The number of aliphatic hydroxyl groups is 2. The minimum atomic E-state index is -2.28. The van der Waals surface area contributed by atoms with Crippen LogP contribution >= 0.6 is 0 Å². The van der Waals surface area contributed by atoms with Gasteiger partial charge in [0.1, 0.15) is 11.8 Å². The highest BCUT2D eigenvalue weighted by Crippen LogP contribution is 2.51. The lowest BCUT2D eigenvalue weighted by Crippen LogP contribution is -2.60. The summed E-state index contributed by atoms with van der Waals surface area (Å²) in [6, 6.07) is 4.17. The van der Waals surface area contributed by atoms with Crippen LogP contribution in [0.3, 0.4) is 0 Å². The molecule has 0 unspecified atom stereocenters. The summed E-state index contributed by atoms with van der Waals surface area (Å²) in [4.78, 5) is 30.5. The zero-order chi connectivity index (χ0) is 25.2. The highest BCUT2D eigenvalue weighted by Gasteiger charge is 2.63. The van der Waals surface area contributed by atoms with Gasteiger partial charge in [-0.2, -0.15) is 0 Å². The molecule has 4 atom stereocenters. The molecule has 0 radical (unpaired) electrons. The summed E-state index contributed by atoms with van der Waals surface area (Å²) in [5.74, 6) is -0.305. The topological polar surface area (TPSA) is 95.2 Å². The molecule has 0 aliphatic carbocycles. The average molecular weight is 480 g/mol. The first kappa shape index (κ1) is 23.6. The number of fused-ring (bicyclic) bond motifs is 7. The van der Waals surface area contributed by atoms with Gasteiger partial charge in [-0.3, -0.25) is 14.5 Å². The van der Waals surface area contributed by atoms with E-state index in [1.54, 1.807) is 13.2 Å². The minimum absolute atomic E-state index is 0.330. The summed E-state index contributed by atoms with van der Waals surface area (Å²) < 4.78 is 7.51. The normalized spacial score (nSPS) is 27.5. The van der Waals surface area contributed by atoms with Crippen molar-refractivity contribution in [3.8, 4) is 5.75 Å². The van der Waals surface area contributed by atoms with E-state index in [2.05, 4.69) is 6.08 Å². The molecule has 0 spiro atoms. The molecule has 5 rings (SSSR count). The average Bonchev–Trinajstić information content (AvgIpc) is 3.41. The molecule has 1 aromatic carbocycles. The number of carbonyl (C=O) groups is 2. The third-order valence-electron chi connectivity index (χ3n) is 7.46. The number of hydrogen-bond acceptors (Lipinski definition) is 5. The molecule has 0 saturated carbocycles. The molecule has 2 aromatic rings. The number of benzene rings is 1. The van der Waals surface area contributed by atoms with Gasteiger partial charge in [0.25, 0.3) is 5.91 Å². The zero-order valence-electron chi connectivity index (χ0n) is 20.9. The Hall–Kier alpha value is -3.10. The monoisotopic (exact) mass is 479 g/mol. The van der Waals surface area contributed by atoms with Crippen molar-refractivity contribution < 1.29 is 24.5 Å². The molecular formula is C27H33N3O5. The number of carbonyl (C=O) groups excluding carboxylic acids is 2. The van der Waals surface area contributed by atoms with Gasteiger partial charge in [0.2, 0.25) is 11.5 Å². The van der Waals surface area contributed by atoms with Crippen molar-refractivity contribution in [2.45, 2.75) is 71.0 Å². The van der Waals surface area contributed by atoms with Crippen LogP contribution in [-0.4, -0.2) is 62.3 Å². The van der Waals surface area contributed by atoms with Crippen LogP contribution in [0.25, 0.3) is 10.9 Å². The summed E-state index contributed by atoms with van der Waals surface area (Å²) in [5.41, 5.74) is 1.57. The second-order valence-electron chi connectivity index (χ2n) is 10.3. The van der Waals surface area contributed by atoms with E-state index in [1.807, 2.05) is 50.5 Å². The molecule has 2 bridgehead atoms. The number of methoxy groups -OCH3 is 1. The van der Waals surface area contributed by atoms with Crippen molar-refractivity contribution in [1.29, 1.82) is 0 Å². The van der Waals surface area contributed by atoms with E-state index in [-0.39, 0.29) is 5.91 Å². The fourth-order valence-corrected chi connectivity index (χ4v) is 5.88. The van der Waals surface area contributed by atoms with E-state index in [4.69, 9.17) is 4.74 Å². The van der Waals surface area contributed by atoms with Crippen LogP contribution in [-0.2, 0) is 21.7 Å². The second kappa shape index (κ2) is 8.24. The Morgan fingerprint density at radius 1 is 1.20 bits per heavy atom. The van der Waals surface area contributed by atoms with Gasteiger partial charge in [0.15, 0.2) is 6.23 Å². The van der Waals surface area contributed by atoms with Crippen molar-refractivity contribution in [1.82, 2.24) is 14.4 Å². The maximum Gasteiger partial charge on any atom is 0.264 e. The summed E-state index contributed by atoms with van der Waals surface area (Å²) in [7, 11) is 1.59. The number of allylic oxidation sites excluding steroid dienone is 3. The number of nitrogens with zero attached hydrogens (tertiary/aromatic N) is 3. The zero-order valence-corrected chi connectivity index (χ0v) is 20.9. The molecule has 2 N–H and O–H groups in total. The molecule has 2 fully saturated rings. The van der Waals surface area contributed by atoms with Crippen molar-refractivity contribution in [3.63, 3.8) is 0 Å². The molecule has 3 aliphatic heterocycles. The molecule has 8 nitrogen and oxygen atoms in total. The number of aliphatic hydroxyl groups excluding tert-OH is 1. The first-order chi connectivity index (χ1) is 16.6. The van der Waals surface area contributed by atoms with Gasteiger partial charge >= 0.3 is 0 Å². The molecule has 186 valence electrons. The van der Waals surface area contributed by atoms with Gasteiger partial charge < -0.3 is 24.4 Å². The highest BCUT2D eigenvalue weighted by molar-refractivity contribution is 6.02. The Morgan fingerprint density at radius 3 is 2.60 bits per heavy atom. The third kappa shape index (κ3) is 3.27. The second-order valence-corrected chi connectivity index (χ2v) is 10.3. The van der Waals surface area contributed by atoms with Crippen LogP contribution in [0.4, 0.5) is 0 Å². The molecule has 8 heteroatoms. The first-order valence-corrected chi connectivity index (χ1v) is 12.1. The predicted molar refractivity (Wildman–Crippen MR) is 132 cm³/mol. The van der Waals surface area contributed by atoms with Crippen molar-refractivity contribution in [3.05, 3.63) is 52.8 Å². The summed E-state index contributed by atoms with van der Waals surface area (Å²) in [6.07, 6.45) is 3.50. The Balaban J connectivity index is 1.92. The number of ether oxygens (including phenoxy) is 1. The maximum atomic E-state index is 13.9. The molecule has 2 amide bonds. The minimum Gasteiger partial charge on any atom is -0.497 e. The molecule has 35 heavy (non-hydrogen) atoms. The highest BCUT2D eigenvalue weighted by atomic mass is 16.5. The van der Waals surface area contributed by atoms with Crippen LogP contribution in [0.5, 0.6) is 5.75 Å². The summed E-state index contributed by atoms with van der Waals surface area (Å²) in [5, 5.41) is 24.4. The standard InChI is InChI=1S/C27H33N3O5/c1-15(2)10-12-28-20-14-17(35-5)8-9-18(20)22-23(28)21(13-16(3)4)30-24(31)19-7-6-11-29(19)25(32)27(22,34)26(30)33/h8-10,13-14,19,21,26,33-34H,6-7,11-12H2,1-5H3/t19-,21-,26+,27-/m0/s1. The van der Waals surface area contributed by atoms with Crippen molar-refractivity contribution in [2.75, 3.05) is 13.7 Å². The molecule has 1 aromatic heterocycles. The Bertz CT molecular complexity index is 1280. The van der Waals surface area contributed by atoms with Crippen LogP contribution in [0.1, 0.15) is 57.8 Å². The van der Waals surface area contributed by atoms with Gasteiger partial charge in [-0.1, -0.05) is 23.3 Å². The van der Waals surface area contributed by atoms with E-state index in [9.17, 15) is 19.8 Å². The lowest BCUT2D eigenvalue weighted by Gasteiger charge is -2.45. The summed E-state index contributed by atoms with van der Waals surface area (Å²) in [6.45, 7) is 8.75. The fraction of sp³-hybridized carbons (Fsp3) is 0.481. The van der Waals surface area contributed by atoms with Crippen LogP contribution in [0, 0.1) is 0 Å². The van der Waals surface area contributed by atoms with Gasteiger partial charge in [-0.15, -0.1) is 0 Å². The van der Waals surface area contributed by atoms with Gasteiger partial charge in [-0.25, -0.2) is 0 Å². The van der Waals surface area contributed by atoms with Gasteiger partial charge in [0, 0.05) is 30.1 Å². The van der Waals surface area contributed by atoms with Crippen molar-refractivity contribution >= 4 is 22.7 Å². The van der Waals surface area contributed by atoms with E-state index in [1.165, 1.54) is 9.80 Å². The van der Waals surface area contributed by atoms with Crippen LogP contribution in [0.2, 0.25) is 0 Å². The SMILES string of the molecule is COc1ccc2c3c(n(CC=C(C)C)c2c1)[C@H](C=C(C)C)N1C(=O)[C@@H]2CCCN2C(=O)[C@]3(O)[C@H]1O. The van der Waals surface area contributed by atoms with E-state index in [0.717, 1.165) is 16.7 Å². The van der Waals surface area contributed by atoms with Gasteiger partial charge in [-0.05, 0) is 52.7 Å². The van der Waals surface area contributed by atoms with Crippen molar-refractivity contribution in [2.24, 2.45) is 0 Å². The first-order valence-electron chi connectivity index (χ1n) is 12.1. The number of amides is 2. The Morgan fingerprint density at radius 2 is 1.94 bits per heavy atom. The molecule has 3 aliphatic rings. The molecule has 2 saturated heterocycles. The molecular weight excluding hydrogens is 446 g/mol. The smallest absolute Gasteiger partial charge is 0.264 e. The third-order valence-corrected chi connectivity index (χ3v) is 7.46. The van der Waals surface area contributed by atoms with E-state index < -0.39 is 29.8 Å².